The zero-order valence-electron chi connectivity index (χ0n) is 14.1. The molecule has 0 unspecified atom stereocenters. The van der Waals surface area contributed by atoms with Crippen molar-refractivity contribution in [2.45, 2.75) is 31.2 Å². The van der Waals surface area contributed by atoms with E-state index in [2.05, 4.69) is 5.32 Å². The van der Waals surface area contributed by atoms with Crippen LogP contribution < -0.4 is 5.32 Å². The molecule has 5 heteroatoms. The lowest BCUT2D eigenvalue weighted by molar-refractivity contribution is 0.0697. The standard InChI is InChI=1S/C21H19F2NO2/c22-12-6-7-16(23)15(9-12)20-18-11-5-4-10(8-11)17(18)13-2-1-3-14(21(25)26)19(13)24-20/h1-3,6-7,9-11,17-18,20,24H,4-5,8H2,(H,25,26)/t10-,11-,17-,18+,20+/m0/s1. The molecule has 2 N–H and O–H groups in total. The molecule has 2 aliphatic carbocycles. The third-order valence-corrected chi connectivity index (χ3v) is 6.64. The molecule has 2 aromatic carbocycles. The highest BCUT2D eigenvalue weighted by molar-refractivity contribution is 5.95. The van der Waals surface area contributed by atoms with Gasteiger partial charge in [-0.05, 0) is 72.8 Å². The Morgan fingerprint density at radius 1 is 1.08 bits per heavy atom. The Bertz CT molecular complexity index is 913. The number of carboxylic acids is 1. The first-order chi connectivity index (χ1) is 12.5. The van der Waals surface area contributed by atoms with Crippen molar-refractivity contribution in [3.8, 4) is 0 Å². The summed E-state index contributed by atoms with van der Waals surface area (Å²) in [5, 5.41) is 12.9. The average molecular weight is 355 g/mol. The smallest absolute Gasteiger partial charge is 0.337 e. The fraction of sp³-hybridized carbons (Fsp3) is 0.381. The molecule has 134 valence electrons. The number of carbonyl (C=O) groups is 1. The van der Waals surface area contributed by atoms with Crippen molar-refractivity contribution in [1.82, 2.24) is 0 Å². The summed E-state index contributed by atoms with van der Waals surface area (Å²) >= 11 is 0. The summed E-state index contributed by atoms with van der Waals surface area (Å²) in [7, 11) is 0. The number of hydrogen-bond donors (Lipinski definition) is 2. The van der Waals surface area contributed by atoms with Crippen LogP contribution in [-0.4, -0.2) is 11.1 Å². The zero-order chi connectivity index (χ0) is 18.0. The quantitative estimate of drug-likeness (QED) is 0.800. The van der Waals surface area contributed by atoms with E-state index < -0.39 is 23.6 Å². The molecule has 3 aliphatic rings. The van der Waals surface area contributed by atoms with Crippen LogP contribution in [0.1, 0.15) is 52.7 Å². The second-order valence-electron chi connectivity index (χ2n) is 7.80. The molecular weight excluding hydrogens is 336 g/mol. The van der Waals surface area contributed by atoms with Gasteiger partial charge in [0.2, 0.25) is 0 Å². The molecule has 26 heavy (non-hydrogen) atoms. The average Bonchev–Trinajstić information content (AvgIpc) is 3.25. The van der Waals surface area contributed by atoms with Crippen LogP contribution >= 0.6 is 0 Å². The van der Waals surface area contributed by atoms with E-state index in [1.54, 1.807) is 12.1 Å². The van der Waals surface area contributed by atoms with E-state index >= 15 is 0 Å². The highest BCUT2D eigenvalue weighted by atomic mass is 19.1. The van der Waals surface area contributed by atoms with Crippen molar-refractivity contribution in [2.75, 3.05) is 5.32 Å². The maximum atomic E-state index is 14.6. The van der Waals surface area contributed by atoms with Gasteiger partial charge in [0, 0.05) is 5.56 Å². The molecule has 0 aromatic heterocycles. The summed E-state index contributed by atoms with van der Waals surface area (Å²) < 4.78 is 28.4. The number of aromatic carboxylic acids is 1. The summed E-state index contributed by atoms with van der Waals surface area (Å²) in [6.45, 7) is 0. The van der Waals surface area contributed by atoms with E-state index in [0.717, 1.165) is 37.0 Å². The molecule has 2 aromatic rings. The first-order valence-electron chi connectivity index (χ1n) is 9.12. The maximum absolute atomic E-state index is 14.6. The van der Waals surface area contributed by atoms with Crippen LogP contribution in [0, 0.1) is 29.4 Å². The molecule has 0 radical (unpaired) electrons. The predicted octanol–water partition coefficient (Wildman–Crippen LogP) is 4.96. The van der Waals surface area contributed by atoms with Gasteiger partial charge >= 0.3 is 5.97 Å². The summed E-state index contributed by atoms with van der Waals surface area (Å²) in [5.74, 6) is -0.587. The molecule has 0 saturated heterocycles. The Labute approximate surface area is 150 Å². The summed E-state index contributed by atoms with van der Waals surface area (Å²) in [6.07, 6.45) is 3.32. The highest BCUT2D eigenvalue weighted by Crippen LogP contribution is 2.64. The highest BCUT2D eigenvalue weighted by Gasteiger charge is 2.54. The molecule has 1 heterocycles. The fourth-order valence-electron chi connectivity index (χ4n) is 5.75. The Morgan fingerprint density at radius 3 is 2.69 bits per heavy atom. The van der Waals surface area contributed by atoms with Crippen LogP contribution in [0.15, 0.2) is 36.4 Å². The van der Waals surface area contributed by atoms with Gasteiger partial charge < -0.3 is 10.4 Å². The van der Waals surface area contributed by atoms with Crippen LogP contribution in [-0.2, 0) is 0 Å². The van der Waals surface area contributed by atoms with E-state index in [0.29, 0.717) is 23.1 Å². The molecule has 2 bridgehead atoms. The summed E-state index contributed by atoms with van der Waals surface area (Å²) in [6, 6.07) is 8.48. The number of rotatable bonds is 2. The SMILES string of the molecule is O=C(O)c1cccc2c1N[C@H](c1cc(F)ccc1F)[C@@H]1[C@H]3CC[C@@H](C3)[C@@H]21. The Balaban J connectivity index is 1.70. The summed E-state index contributed by atoms with van der Waals surface area (Å²) in [5.41, 5.74) is 2.10. The monoisotopic (exact) mass is 355 g/mol. The molecule has 5 rings (SSSR count). The lowest BCUT2D eigenvalue weighted by Gasteiger charge is -2.44. The molecule has 2 saturated carbocycles. The Morgan fingerprint density at radius 2 is 1.88 bits per heavy atom. The lowest BCUT2D eigenvalue weighted by atomic mass is 9.67. The number of para-hydroxylation sites is 1. The normalized spacial score (nSPS) is 31.2. The van der Waals surface area contributed by atoms with Crippen molar-refractivity contribution < 1.29 is 18.7 Å². The number of halogens is 2. The van der Waals surface area contributed by atoms with E-state index in [4.69, 9.17) is 0 Å². The summed E-state index contributed by atoms with van der Waals surface area (Å²) in [4.78, 5) is 11.7. The van der Waals surface area contributed by atoms with Crippen molar-refractivity contribution in [3.05, 3.63) is 64.7 Å². The number of fused-ring (bicyclic) bond motifs is 7. The Kier molecular flexibility index (Phi) is 3.36. The second-order valence-corrected chi connectivity index (χ2v) is 7.80. The first kappa shape index (κ1) is 15.8. The van der Waals surface area contributed by atoms with Gasteiger partial charge in [-0.25, -0.2) is 13.6 Å². The minimum Gasteiger partial charge on any atom is -0.478 e. The predicted molar refractivity (Wildman–Crippen MR) is 93.2 cm³/mol. The number of hydrogen-bond acceptors (Lipinski definition) is 2. The van der Waals surface area contributed by atoms with E-state index in [-0.39, 0.29) is 17.4 Å². The number of anilines is 1. The third-order valence-electron chi connectivity index (χ3n) is 6.64. The largest absolute Gasteiger partial charge is 0.478 e. The van der Waals surface area contributed by atoms with Gasteiger partial charge in [0.15, 0.2) is 0 Å². The van der Waals surface area contributed by atoms with E-state index in [9.17, 15) is 18.7 Å². The zero-order valence-corrected chi connectivity index (χ0v) is 14.1. The fourth-order valence-corrected chi connectivity index (χ4v) is 5.75. The Hall–Kier alpha value is -2.43. The molecule has 5 atom stereocenters. The van der Waals surface area contributed by atoms with Crippen molar-refractivity contribution in [1.29, 1.82) is 0 Å². The number of benzene rings is 2. The van der Waals surface area contributed by atoms with Gasteiger partial charge in [0.1, 0.15) is 11.6 Å². The van der Waals surface area contributed by atoms with E-state index in [1.165, 1.54) is 6.07 Å². The van der Waals surface area contributed by atoms with Gasteiger partial charge in [0.05, 0.1) is 17.3 Å². The second kappa shape index (κ2) is 5.53. The van der Waals surface area contributed by atoms with Gasteiger partial charge in [-0.2, -0.15) is 0 Å². The number of carboxylic acid groups (broad SMARTS) is 1. The van der Waals surface area contributed by atoms with Crippen LogP contribution in [0.25, 0.3) is 0 Å². The van der Waals surface area contributed by atoms with Crippen molar-refractivity contribution in [3.63, 3.8) is 0 Å². The van der Waals surface area contributed by atoms with Crippen molar-refractivity contribution in [2.24, 2.45) is 17.8 Å². The van der Waals surface area contributed by atoms with Gasteiger partial charge in [0.25, 0.3) is 0 Å². The number of nitrogens with one attached hydrogen (secondary N) is 1. The van der Waals surface area contributed by atoms with Gasteiger partial charge in [-0.1, -0.05) is 12.1 Å². The van der Waals surface area contributed by atoms with Crippen LogP contribution in [0.2, 0.25) is 0 Å². The van der Waals surface area contributed by atoms with Crippen LogP contribution in [0.4, 0.5) is 14.5 Å². The maximum Gasteiger partial charge on any atom is 0.337 e. The minimum absolute atomic E-state index is 0.168. The van der Waals surface area contributed by atoms with Crippen molar-refractivity contribution >= 4 is 11.7 Å². The molecule has 3 nitrogen and oxygen atoms in total. The molecule has 2 fully saturated rings. The molecule has 0 spiro atoms. The minimum atomic E-state index is -1.01. The first-order valence-corrected chi connectivity index (χ1v) is 9.12. The molecular formula is C21H19F2NO2. The topological polar surface area (TPSA) is 49.3 Å². The van der Waals surface area contributed by atoms with Crippen LogP contribution in [0.5, 0.6) is 0 Å². The van der Waals surface area contributed by atoms with Gasteiger partial charge in [-0.3, -0.25) is 0 Å². The van der Waals surface area contributed by atoms with Crippen LogP contribution in [0.3, 0.4) is 0 Å². The van der Waals surface area contributed by atoms with Gasteiger partial charge in [-0.15, -0.1) is 0 Å². The molecule has 0 amide bonds. The molecule has 1 aliphatic heterocycles. The lowest BCUT2D eigenvalue weighted by Crippen LogP contribution is -2.36. The third kappa shape index (κ3) is 2.12. The van der Waals surface area contributed by atoms with E-state index in [1.807, 2.05) is 6.07 Å².